The van der Waals surface area contributed by atoms with Crippen LogP contribution in [0.5, 0.6) is 0 Å². The molecule has 1 heterocycles. The fourth-order valence-electron chi connectivity index (χ4n) is 0.511. The summed E-state index contributed by atoms with van der Waals surface area (Å²) in [6, 6.07) is 3.95. The molecule has 0 bridgehead atoms. The Kier molecular flexibility index (Phi) is 2.65. The molecule has 0 spiro atoms. The first-order valence-electron chi connectivity index (χ1n) is 2.39. The Bertz CT molecular complexity index is 189. The van der Waals surface area contributed by atoms with Crippen molar-refractivity contribution in [1.29, 1.82) is 0 Å². The number of rotatable bonds is 2. The minimum atomic E-state index is 0.496. The zero-order valence-electron chi connectivity index (χ0n) is 4.63. The smallest absolute Gasteiger partial charge is 0.102 e. The van der Waals surface area contributed by atoms with Gasteiger partial charge in [0.05, 0.1) is 3.79 Å². The standard InChI is InChI=1S/C5H6BrNOS/c6-5-2-1-4(9-5)3-8-7/h1-2H,3,7H2. The van der Waals surface area contributed by atoms with Crippen LogP contribution in [0.1, 0.15) is 4.88 Å². The maximum absolute atomic E-state index is 4.86. The van der Waals surface area contributed by atoms with Gasteiger partial charge >= 0.3 is 0 Å². The second kappa shape index (κ2) is 3.31. The summed E-state index contributed by atoms with van der Waals surface area (Å²) in [6.07, 6.45) is 0. The normalized spacial score (nSPS) is 10.0. The van der Waals surface area contributed by atoms with Crippen LogP contribution < -0.4 is 5.90 Å². The summed E-state index contributed by atoms with van der Waals surface area (Å²) >= 11 is 4.95. The van der Waals surface area contributed by atoms with Crippen LogP contribution in [-0.2, 0) is 11.4 Å². The summed E-state index contributed by atoms with van der Waals surface area (Å²) < 4.78 is 1.11. The molecule has 0 unspecified atom stereocenters. The Hall–Kier alpha value is 0.1000. The van der Waals surface area contributed by atoms with Crippen molar-refractivity contribution in [3.05, 3.63) is 20.8 Å². The zero-order valence-corrected chi connectivity index (χ0v) is 7.04. The first-order valence-corrected chi connectivity index (χ1v) is 4.00. The quantitative estimate of drug-likeness (QED) is 0.753. The van der Waals surface area contributed by atoms with E-state index < -0.39 is 0 Å². The number of halogens is 1. The first kappa shape index (κ1) is 7.21. The van der Waals surface area contributed by atoms with Gasteiger partial charge in [0.25, 0.3) is 0 Å². The Morgan fingerprint density at radius 2 is 2.44 bits per heavy atom. The molecule has 2 nitrogen and oxygen atoms in total. The summed E-state index contributed by atoms with van der Waals surface area (Å²) in [6.45, 7) is 0.496. The van der Waals surface area contributed by atoms with Crippen LogP contribution in [-0.4, -0.2) is 0 Å². The molecule has 0 radical (unpaired) electrons. The van der Waals surface area contributed by atoms with Crippen LogP contribution in [0.15, 0.2) is 15.9 Å². The molecule has 2 N–H and O–H groups in total. The highest BCUT2D eigenvalue weighted by atomic mass is 79.9. The van der Waals surface area contributed by atoms with Crippen molar-refractivity contribution < 1.29 is 4.84 Å². The lowest BCUT2D eigenvalue weighted by atomic mass is 10.5. The third-order valence-electron chi connectivity index (χ3n) is 0.854. The maximum atomic E-state index is 4.86. The molecule has 4 heteroatoms. The average molecular weight is 208 g/mol. The summed E-state index contributed by atoms with van der Waals surface area (Å²) in [4.78, 5) is 5.56. The van der Waals surface area contributed by atoms with Gasteiger partial charge in [0, 0.05) is 4.88 Å². The highest BCUT2D eigenvalue weighted by Gasteiger charge is 1.94. The monoisotopic (exact) mass is 207 g/mol. The van der Waals surface area contributed by atoms with Gasteiger partial charge < -0.3 is 0 Å². The molecule has 1 rings (SSSR count). The van der Waals surface area contributed by atoms with Gasteiger partial charge in [-0.05, 0) is 28.1 Å². The van der Waals surface area contributed by atoms with Crippen LogP contribution in [0.25, 0.3) is 0 Å². The van der Waals surface area contributed by atoms with Gasteiger partial charge in [-0.3, -0.25) is 4.84 Å². The molecule has 0 aliphatic heterocycles. The lowest BCUT2D eigenvalue weighted by Crippen LogP contribution is -1.96. The van der Waals surface area contributed by atoms with Gasteiger partial charge in [0.15, 0.2) is 0 Å². The lowest BCUT2D eigenvalue weighted by Gasteiger charge is -1.88. The van der Waals surface area contributed by atoms with Gasteiger partial charge in [-0.1, -0.05) is 0 Å². The Labute approximate surface area is 65.7 Å². The second-order valence-corrected chi connectivity index (χ2v) is 4.06. The zero-order chi connectivity index (χ0) is 6.69. The number of thiophene rings is 1. The fraction of sp³-hybridized carbons (Fsp3) is 0.200. The number of hydrogen-bond donors (Lipinski definition) is 1. The molecular formula is C5H6BrNOS. The van der Waals surface area contributed by atoms with Crippen LogP contribution in [0.2, 0.25) is 0 Å². The van der Waals surface area contributed by atoms with Crippen molar-refractivity contribution in [2.75, 3.05) is 0 Å². The van der Waals surface area contributed by atoms with E-state index in [0.717, 1.165) is 8.66 Å². The van der Waals surface area contributed by atoms with Crippen molar-refractivity contribution >= 4 is 27.3 Å². The van der Waals surface area contributed by atoms with Crippen molar-refractivity contribution in [2.24, 2.45) is 5.90 Å². The molecule has 0 aliphatic rings. The molecule has 0 aliphatic carbocycles. The molecule has 0 saturated heterocycles. The van der Waals surface area contributed by atoms with Gasteiger partial charge in [-0.25, -0.2) is 5.90 Å². The lowest BCUT2D eigenvalue weighted by molar-refractivity contribution is 0.126. The topological polar surface area (TPSA) is 35.2 Å². The Balaban J connectivity index is 2.61. The molecule has 0 atom stereocenters. The largest absolute Gasteiger partial charge is 0.299 e. The molecule has 0 saturated carbocycles. The molecule has 9 heavy (non-hydrogen) atoms. The first-order chi connectivity index (χ1) is 4.33. The van der Waals surface area contributed by atoms with E-state index in [4.69, 9.17) is 5.90 Å². The molecule has 50 valence electrons. The number of hydrogen-bond acceptors (Lipinski definition) is 3. The van der Waals surface area contributed by atoms with E-state index >= 15 is 0 Å². The van der Waals surface area contributed by atoms with Gasteiger partial charge in [-0.15, -0.1) is 11.3 Å². The predicted octanol–water partition coefficient (Wildman–Crippen LogP) is 1.90. The Morgan fingerprint density at radius 1 is 1.67 bits per heavy atom. The predicted molar refractivity (Wildman–Crippen MR) is 41.0 cm³/mol. The summed E-state index contributed by atoms with van der Waals surface area (Å²) in [7, 11) is 0. The second-order valence-electron chi connectivity index (χ2n) is 1.52. The van der Waals surface area contributed by atoms with Gasteiger partial charge in [0.2, 0.25) is 0 Å². The van der Waals surface area contributed by atoms with Crippen molar-refractivity contribution in [3.8, 4) is 0 Å². The summed E-state index contributed by atoms with van der Waals surface area (Å²) in [5.41, 5.74) is 0. The highest BCUT2D eigenvalue weighted by Crippen LogP contribution is 2.21. The van der Waals surface area contributed by atoms with E-state index in [-0.39, 0.29) is 0 Å². The highest BCUT2D eigenvalue weighted by molar-refractivity contribution is 9.11. The molecule has 0 amide bonds. The molecule has 0 fully saturated rings. The van der Waals surface area contributed by atoms with E-state index in [1.54, 1.807) is 11.3 Å². The minimum absolute atomic E-state index is 0.496. The van der Waals surface area contributed by atoms with E-state index in [9.17, 15) is 0 Å². The van der Waals surface area contributed by atoms with Crippen LogP contribution in [0, 0.1) is 0 Å². The fourth-order valence-corrected chi connectivity index (χ4v) is 1.92. The van der Waals surface area contributed by atoms with Crippen LogP contribution in [0.3, 0.4) is 0 Å². The maximum Gasteiger partial charge on any atom is 0.102 e. The van der Waals surface area contributed by atoms with Crippen molar-refractivity contribution in [2.45, 2.75) is 6.61 Å². The molecule has 1 aromatic heterocycles. The summed E-state index contributed by atoms with van der Waals surface area (Å²) in [5, 5.41) is 0. The summed E-state index contributed by atoms with van der Waals surface area (Å²) in [5.74, 6) is 4.86. The van der Waals surface area contributed by atoms with Gasteiger partial charge in [-0.2, -0.15) is 0 Å². The minimum Gasteiger partial charge on any atom is -0.299 e. The van der Waals surface area contributed by atoms with Crippen molar-refractivity contribution in [3.63, 3.8) is 0 Å². The van der Waals surface area contributed by atoms with E-state index in [1.807, 2.05) is 12.1 Å². The average Bonchev–Trinajstić information content (AvgIpc) is 2.17. The third-order valence-corrected chi connectivity index (χ3v) is 2.45. The van der Waals surface area contributed by atoms with Gasteiger partial charge in [0.1, 0.15) is 6.61 Å². The van der Waals surface area contributed by atoms with Crippen LogP contribution >= 0.6 is 27.3 Å². The molecule has 1 aromatic rings. The van der Waals surface area contributed by atoms with E-state index in [0.29, 0.717) is 6.61 Å². The van der Waals surface area contributed by atoms with E-state index in [2.05, 4.69) is 20.8 Å². The van der Waals surface area contributed by atoms with E-state index in [1.165, 1.54) is 0 Å². The van der Waals surface area contributed by atoms with Crippen LogP contribution in [0.4, 0.5) is 0 Å². The SMILES string of the molecule is NOCc1ccc(Br)s1. The molecular weight excluding hydrogens is 202 g/mol. The number of nitrogens with two attached hydrogens (primary N) is 1. The van der Waals surface area contributed by atoms with Crippen molar-refractivity contribution in [1.82, 2.24) is 0 Å². The molecule has 0 aromatic carbocycles. The third kappa shape index (κ3) is 2.06. The Morgan fingerprint density at radius 3 is 2.89 bits per heavy atom.